The van der Waals surface area contributed by atoms with E-state index in [4.69, 9.17) is 14.2 Å². The molecule has 0 radical (unpaired) electrons. The van der Waals surface area contributed by atoms with Crippen LogP contribution in [0, 0.1) is 23.2 Å². The van der Waals surface area contributed by atoms with E-state index in [-0.39, 0.29) is 23.4 Å². The maximum absolute atomic E-state index is 12.6. The van der Waals surface area contributed by atoms with Crippen molar-refractivity contribution < 1.29 is 19.0 Å². The van der Waals surface area contributed by atoms with Gasteiger partial charge in [-0.15, -0.1) is 0 Å². The van der Waals surface area contributed by atoms with Crippen LogP contribution in [0.3, 0.4) is 0 Å². The van der Waals surface area contributed by atoms with Crippen molar-refractivity contribution in [3.8, 4) is 11.5 Å². The van der Waals surface area contributed by atoms with Crippen LogP contribution < -0.4 is 14.8 Å². The van der Waals surface area contributed by atoms with Crippen LogP contribution in [0.15, 0.2) is 30.4 Å². The first-order valence-electron chi connectivity index (χ1n) is 10.7. The highest BCUT2D eigenvalue weighted by molar-refractivity contribution is 5.75. The van der Waals surface area contributed by atoms with E-state index in [1.54, 1.807) is 14.2 Å². The van der Waals surface area contributed by atoms with Crippen LogP contribution in [-0.2, 0) is 16.1 Å². The third-order valence-corrected chi connectivity index (χ3v) is 7.46. The Balaban J connectivity index is 1.39. The number of hydrogen-bond acceptors (Lipinski definition) is 5. The summed E-state index contributed by atoms with van der Waals surface area (Å²) in [4.78, 5) is 12.6. The van der Waals surface area contributed by atoms with Gasteiger partial charge in [0, 0.05) is 19.0 Å². The number of hydrogen-bond donors (Lipinski definition) is 1. The minimum Gasteiger partial charge on any atom is -0.493 e. The van der Waals surface area contributed by atoms with Crippen LogP contribution in [0.2, 0.25) is 0 Å². The number of allylic oxidation sites excluding steroid dienone is 1. The third-order valence-electron chi connectivity index (χ3n) is 7.46. The van der Waals surface area contributed by atoms with Crippen LogP contribution in [0.5, 0.6) is 11.5 Å². The zero-order chi connectivity index (χ0) is 20.6. The largest absolute Gasteiger partial charge is 0.493 e. The van der Waals surface area contributed by atoms with Crippen molar-refractivity contribution in [2.45, 2.75) is 51.7 Å². The number of carbonyl (C=O) groups excluding carboxylic acids is 1. The van der Waals surface area contributed by atoms with Crippen molar-refractivity contribution in [2.24, 2.45) is 23.2 Å². The molecule has 3 aliphatic rings. The molecule has 1 saturated heterocycles. The van der Waals surface area contributed by atoms with Gasteiger partial charge in [-0.1, -0.05) is 25.1 Å². The van der Waals surface area contributed by atoms with Crippen molar-refractivity contribution in [3.63, 3.8) is 0 Å². The predicted molar refractivity (Wildman–Crippen MR) is 112 cm³/mol. The van der Waals surface area contributed by atoms with Crippen molar-refractivity contribution in [1.29, 1.82) is 0 Å². The highest BCUT2D eigenvalue weighted by atomic mass is 16.6. The predicted octanol–water partition coefficient (Wildman–Crippen LogP) is 4.11. The number of fused-ring (bicyclic) bond motifs is 2. The lowest BCUT2D eigenvalue weighted by Crippen LogP contribution is -2.45. The Hall–Kier alpha value is -2.01. The van der Waals surface area contributed by atoms with Gasteiger partial charge in [-0.2, -0.15) is 0 Å². The van der Waals surface area contributed by atoms with Crippen LogP contribution in [-0.4, -0.2) is 32.8 Å². The van der Waals surface area contributed by atoms with Gasteiger partial charge in [0.15, 0.2) is 11.5 Å². The molecule has 1 aromatic rings. The standard InChI is InChI=1S/C24H33NO4/c1-15-6-5-9-24(2)12-22-17(11-19(15)24)18(23(26)29-22)14-25-13-16-7-8-20(27-3)21(10-16)28-4/h7-8,10,17-19,22,25H,1,5-6,9,11-14H2,2-4H3. The van der Waals surface area contributed by atoms with Gasteiger partial charge in [-0.05, 0) is 61.1 Å². The van der Waals surface area contributed by atoms with E-state index < -0.39 is 0 Å². The topological polar surface area (TPSA) is 56.8 Å². The first-order valence-corrected chi connectivity index (χ1v) is 10.7. The molecule has 3 fully saturated rings. The number of ether oxygens (including phenoxy) is 3. The van der Waals surface area contributed by atoms with Gasteiger partial charge in [0.2, 0.25) is 0 Å². The minimum absolute atomic E-state index is 0.0346. The fraction of sp³-hybridized carbons (Fsp3) is 0.625. The molecule has 0 bridgehead atoms. The molecule has 158 valence electrons. The molecule has 2 saturated carbocycles. The first kappa shape index (κ1) is 20.3. The molecule has 0 amide bonds. The monoisotopic (exact) mass is 399 g/mol. The van der Waals surface area contributed by atoms with E-state index in [0.29, 0.717) is 24.9 Å². The summed E-state index contributed by atoms with van der Waals surface area (Å²) in [6, 6.07) is 5.90. The maximum Gasteiger partial charge on any atom is 0.310 e. The highest BCUT2D eigenvalue weighted by Crippen LogP contribution is 2.56. The zero-order valence-electron chi connectivity index (χ0n) is 17.8. The van der Waals surface area contributed by atoms with Crippen molar-refractivity contribution in [2.75, 3.05) is 20.8 Å². The molecule has 0 aromatic heterocycles. The highest BCUT2D eigenvalue weighted by Gasteiger charge is 2.54. The molecule has 1 heterocycles. The number of benzene rings is 1. The van der Waals surface area contributed by atoms with E-state index in [1.807, 2.05) is 18.2 Å². The second-order valence-corrected chi connectivity index (χ2v) is 9.22. The number of esters is 1. The molecule has 2 aliphatic carbocycles. The Kier molecular flexibility index (Phi) is 5.60. The molecule has 5 atom stereocenters. The lowest BCUT2D eigenvalue weighted by molar-refractivity contribution is -0.146. The lowest BCUT2D eigenvalue weighted by Gasteiger charge is -2.50. The summed E-state index contributed by atoms with van der Waals surface area (Å²) in [5.74, 6) is 2.16. The van der Waals surface area contributed by atoms with Gasteiger partial charge in [0.05, 0.1) is 20.1 Å². The fourth-order valence-electron chi connectivity index (χ4n) is 5.85. The summed E-state index contributed by atoms with van der Waals surface area (Å²) in [5, 5.41) is 3.47. The van der Waals surface area contributed by atoms with E-state index in [1.165, 1.54) is 18.4 Å². The summed E-state index contributed by atoms with van der Waals surface area (Å²) in [5.41, 5.74) is 2.73. The Labute approximate surface area is 173 Å². The zero-order valence-corrected chi connectivity index (χ0v) is 17.8. The Morgan fingerprint density at radius 1 is 1.28 bits per heavy atom. The Morgan fingerprint density at radius 2 is 2.07 bits per heavy atom. The molecule has 5 heteroatoms. The van der Waals surface area contributed by atoms with E-state index in [2.05, 4.69) is 18.8 Å². The summed E-state index contributed by atoms with van der Waals surface area (Å²) in [6.45, 7) is 8.06. The fourth-order valence-corrected chi connectivity index (χ4v) is 5.85. The Morgan fingerprint density at radius 3 is 2.83 bits per heavy atom. The van der Waals surface area contributed by atoms with Crippen molar-refractivity contribution in [1.82, 2.24) is 5.32 Å². The minimum atomic E-state index is -0.0700. The molecule has 0 spiro atoms. The molecule has 1 aliphatic heterocycles. The molecule has 29 heavy (non-hydrogen) atoms. The van der Waals surface area contributed by atoms with Crippen LogP contribution in [0.4, 0.5) is 0 Å². The van der Waals surface area contributed by atoms with Gasteiger partial charge < -0.3 is 19.5 Å². The van der Waals surface area contributed by atoms with Gasteiger partial charge >= 0.3 is 5.97 Å². The smallest absolute Gasteiger partial charge is 0.310 e. The molecule has 5 nitrogen and oxygen atoms in total. The summed E-state index contributed by atoms with van der Waals surface area (Å²) in [6.07, 6.45) is 5.66. The number of carbonyl (C=O) groups is 1. The normalized spacial score (nSPS) is 33.6. The average Bonchev–Trinajstić information content (AvgIpc) is 3.00. The van der Waals surface area contributed by atoms with E-state index >= 15 is 0 Å². The van der Waals surface area contributed by atoms with Gasteiger partial charge in [0.1, 0.15) is 6.10 Å². The summed E-state index contributed by atoms with van der Waals surface area (Å²) in [7, 11) is 3.27. The van der Waals surface area contributed by atoms with Gasteiger partial charge in [-0.25, -0.2) is 0 Å². The SMILES string of the molecule is C=C1CCCC2(C)CC3OC(=O)C(CNCc4ccc(OC)c(OC)c4)C3CC12. The third kappa shape index (κ3) is 3.77. The van der Waals surface area contributed by atoms with E-state index in [9.17, 15) is 4.79 Å². The average molecular weight is 400 g/mol. The molecule has 5 unspecified atom stereocenters. The van der Waals surface area contributed by atoms with Crippen molar-refractivity contribution >= 4 is 5.97 Å². The number of methoxy groups -OCH3 is 2. The maximum atomic E-state index is 12.6. The van der Waals surface area contributed by atoms with E-state index in [0.717, 1.165) is 36.3 Å². The molecular formula is C24H33NO4. The van der Waals surface area contributed by atoms with Crippen molar-refractivity contribution in [3.05, 3.63) is 35.9 Å². The second kappa shape index (κ2) is 8.02. The second-order valence-electron chi connectivity index (χ2n) is 9.22. The lowest BCUT2D eigenvalue weighted by atomic mass is 9.55. The molecular weight excluding hydrogens is 366 g/mol. The van der Waals surface area contributed by atoms with Gasteiger partial charge in [0.25, 0.3) is 0 Å². The number of rotatable bonds is 6. The summed E-state index contributed by atoms with van der Waals surface area (Å²) >= 11 is 0. The molecule has 4 rings (SSSR count). The van der Waals surface area contributed by atoms with Crippen LogP contribution >= 0.6 is 0 Å². The number of nitrogens with one attached hydrogen (secondary N) is 1. The van der Waals surface area contributed by atoms with Crippen LogP contribution in [0.1, 0.15) is 44.6 Å². The molecule has 1 N–H and O–H groups in total. The quantitative estimate of drug-likeness (QED) is 0.576. The Bertz CT molecular complexity index is 791. The van der Waals surface area contributed by atoms with Gasteiger partial charge in [-0.3, -0.25) is 4.79 Å². The van der Waals surface area contributed by atoms with Crippen LogP contribution in [0.25, 0.3) is 0 Å². The summed E-state index contributed by atoms with van der Waals surface area (Å²) < 4.78 is 16.5. The first-order chi connectivity index (χ1) is 13.9. The molecule has 1 aromatic carbocycles.